The number of hydrogen-bond acceptors (Lipinski definition) is 3. The van der Waals surface area contributed by atoms with Crippen LogP contribution in [0.15, 0.2) is 18.3 Å². The van der Waals surface area contributed by atoms with E-state index in [-0.39, 0.29) is 5.41 Å². The Morgan fingerprint density at radius 1 is 1.40 bits per heavy atom. The van der Waals surface area contributed by atoms with E-state index < -0.39 is 0 Å². The normalized spacial score (nSPS) is 27.1. The van der Waals surface area contributed by atoms with Gasteiger partial charge in [-0.1, -0.05) is 6.92 Å². The molecule has 0 unspecified atom stereocenters. The highest BCUT2D eigenvalue weighted by Crippen LogP contribution is 2.41. The number of rotatable bonds is 3. The maximum Gasteiger partial charge on any atom is 0.159 e. The number of aryl methyl sites for hydroxylation is 1. The van der Waals surface area contributed by atoms with Gasteiger partial charge in [-0.25, -0.2) is 9.97 Å². The van der Waals surface area contributed by atoms with Crippen LogP contribution in [-0.2, 0) is 12.0 Å². The standard InChI is InChI=1S/C16H24N4/c1-3-20-14-13(5-4-10-18-14)19-15(20)16(11-17)8-6-12(2)7-9-16/h4-5,10,12H,3,6-9,11,17H2,1-2H3. The first kappa shape index (κ1) is 13.6. The van der Waals surface area contributed by atoms with Gasteiger partial charge in [0.05, 0.1) is 0 Å². The Morgan fingerprint density at radius 2 is 2.15 bits per heavy atom. The van der Waals surface area contributed by atoms with Crippen LogP contribution >= 0.6 is 0 Å². The monoisotopic (exact) mass is 272 g/mol. The molecular formula is C16H24N4. The Hall–Kier alpha value is -1.42. The van der Waals surface area contributed by atoms with Gasteiger partial charge < -0.3 is 10.3 Å². The highest BCUT2D eigenvalue weighted by atomic mass is 15.1. The van der Waals surface area contributed by atoms with Crippen LogP contribution in [0.3, 0.4) is 0 Å². The number of pyridine rings is 1. The molecule has 2 aromatic rings. The van der Waals surface area contributed by atoms with Crippen molar-refractivity contribution in [2.45, 2.75) is 51.5 Å². The molecule has 1 saturated carbocycles. The number of nitrogens with two attached hydrogens (primary N) is 1. The maximum atomic E-state index is 6.19. The van der Waals surface area contributed by atoms with Crippen LogP contribution in [0.25, 0.3) is 11.2 Å². The molecule has 1 aliphatic carbocycles. The molecule has 20 heavy (non-hydrogen) atoms. The second kappa shape index (κ2) is 5.17. The summed E-state index contributed by atoms with van der Waals surface area (Å²) in [6, 6.07) is 4.00. The zero-order valence-corrected chi connectivity index (χ0v) is 12.5. The molecule has 0 aliphatic heterocycles. The van der Waals surface area contributed by atoms with Gasteiger partial charge in [-0.05, 0) is 50.7 Å². The molecule has 2 aromatic heterocycles. The molecule has 0 bridgehead atoms. The molecule has 1 aliphatic rings. The van der Waals surface area contributed by atoms with E-state index in [9.17, 15) is 0 Å². The lowest BCUT2D eigenvalue weighted by Crippen LogP contribution is -2.41. The van der Waals surface area contributed by atoms with Gasteiger partial charge in [-0.2, -0.15) is 0 Å². The first-order valence-electron chi connectivity index (χ1n) is 7.72. The molecule has 4 heteroatoms. The number of nitrogens with zero attached hydrogens (tertiary/aromatic N) is 3. The van der Waals surface area contributed by atoms with E-state index in [1.807, 2.05) is 18.3 Å². The number of hydrogen-bond donors (Lipinski definition) is 1. The van der Waals surface area contributed by atoms with Gasteiger partial charge in [-0.15, -0.1) is 0 Å². The fourth-order valence-corrected chi connectivity index (χ4v) is 3.50. The Bertz CT molecular complexity index is 594. The lowest BCUT2D eigenvalue weighted by Gasteiger charge is -2.38. The summed E-state index contributed by atoms with van der Waals surface area (Å²) >= 11 is 0. The van der Waals surface area contributed by atoms with E-state index in [0.29, 0.717) is 6.54 Å². The highest BCUT2D eigenvalue weighted by Gasteiger charge is 2.38. The minimum absolute atomic E-state index is 0.0449. The van der Waals surface area contributed by atoms with E-state index in [0.717, 1.165) is 42.3 Å². The molecule has 1 fully saturated rings. The van der Waals surface area contributed by atoms with Gasteiger partial charge in [0.15, 0.2) is 5.65 Å². The average molecular weight is 272 g/mol. The summed E-state index contributed by atoms with van der Waals surface area (Å²) in [5.41, 5.74) is 8.23. The molecule has 2 N–H and O–H groups in total. The van der Waals surface area contributed by atoms with E-state index >= 15 is 0 Å². The van der Waals surface area contributed by atoms with Crippen LogP contribution in [0.1, 0.15) is 45.4 Å². The molecule has 2 heterocycles. The minimum Gasteiger partial charge on any atom is -0.329 e. The van der Waals surface area contributed by atoms with Crippen LogP contribution < -0.4 is 5.73 Å². The largest absolute Gasteiger partial charge is 0.329 e. The van der Waals surface area contributed by atoms with Crippen LogP contribution in [0.4, 0.5) is 0 Å². The zero-order valence-electron chi connectivity index (χ0n) is 12.5. The summed E-state index contributed by atoms with van der Waals surface area (Å²) in [4.78, 5) is 9.40. The molecule has 108 valence electrons. The molecular weight excluding hydrogens is 248 g/mol. The van der Waals surface area contributed by atoms with Crippen molar-refractivity contribution in [2.75, 3.05) is 6.54 Å². The number of fused-ring (bicyclic) bond motifs is 1. The predicted molar refractivity (Wildman–Crippen MR) is 81.6 cm³/mol. The van der Waals surface area contributed by atoms with Crippen LogP contribution in [0, 0.1) is 5.92 Å². The van der Waals surface area contributed by atoms with E-state index in [1.54, 1.807) is 0 Å². The van der Waals surface area contributed by atoms with Gasteiger partial charge >= 0.3 is 0 Å². The third-order valence-electron chi connectivity index (χ3n) is 4.92. The van der Waals surface area contributed by atoms with Crippen LogP contribution in [-0.4, -0.2) is 21.1 Å². The van der Waals surface area contributed by atoms with Crippen molar-refractivity contribution < 1.29 is 0 Å². The van der Waals surface area contributed by atoms with Crippen LogP contribution in [0.5, 0.6) is 0 Å². The fourth-order valence-electron chi connectivity index (χ4n) is 3.50. The van der Waals surface area contributed by atoms with Crippen molar-refractivity contribution in [1.29, 1.82) is 0 Å². The Balaban J connectivity index is 2.12. The van der Waals surface area contributed by atoms with Gasteiger partial charge in [0, 0.05) is 24.7 Å². The van der Waals surface area contributed by atoms with Gasteiger partial charge in [0.2, 0.25) is 0 Å². The second-order valence-corrected chi connectivity index (χ2v) is 6.19. The van der Waals surface area contributed by atoms with Crippen LogP contribution in [0.2, 0.25) is 0 Å². The third-order valence-corrected chi connectivity index (χ3v) is 4.92. The zero-order chi connectivity index (χ0) is 14.2. The summed E-state index contributed by atoms with van der Waals surface area (Å²) < 4.78 is 2.26. The minimum atomic E-state index is 0.0449. The average Bonchev–Trinajstić information content (AvgIpc) is 2.87. The molecule has 0 radical (unpaired) electrons. The summed E-state index contributed by atoms with van der Waals surface area (Å²) in [6.07, 6.45) is 6.63. The van der Waals surface area contributed by atoms with E-state index in [4.69, 9.17) is 10.7 Å². The van der Waals surface area contributed by atoms with Gasteiger partial charge in [-0.3, -0.25) is 0 Å². The van der Waals surface area contributed by atoms with Crippen molar-refractivity contribution in [1.82, 2.24) is 14.5 Å². The fraction of sp³-hybridized carbons (Fsp3) is 0.625. The van der Waals surface area contributed by atoms with Crippen molar-refractivity contribution in [3.05, 3.63) is 24.2 Å². The SMILES string of the molecule is CCn1c(C2(CN)CCC(C)CC2)nc2cccnc21. The molecule has 0 spiro atoms. The van der Waals surface area contributed by atoms with E-state index in [2.05, 4.69) is 23.4 Å². The van der Waals surface area contributed by atoms with Gasteiger partial charge in [0.1, 0.15) is 11.3 Å². The first-order valence-corrected chi connectivity index (χ1v) is 7.72. The highest BCUT2D eigenvalue weighted by molar-refractivity contribution is 5.71. The lowest BCUT2D eigenvalue weighted by atomic mass is 9.70. The second-order valence-electron chi connectivity index (χ2n) is 6.19. The molecule has 0 amide bonds. The summed E-state index contributed by atoms with van der Waals surface area (Å²) in [7, 11) is 0. The van der Waals surface area contributed by atoms with Crippen molar-refractivity contribution in [3.63, 3.8) is 0 Å². The summed E-state index contributed by atoms with van der Waals surface area (Å²) in [5, 5.41) is 0. The third kappa shape index (κ3) is 2.03. The molecule has 0 saturated heterocycles. The number of aromatic nitrogens is 3. The molecule has 0 atom stereocenters. The summed E-state index contributed by atoms with van der Waals surface area (Å²) in [6.45, 7) is 6.09. The molecule has 3 rings (SSSR count). The first-order chi connectivity index (χ1) is 9.70. The quantitative estimate of drug-likeness (QED) is 0.934. The Morgan fingerprint density at radius 3 is 2.80 bits per heavy atom. The van der Waals surface area contributed by atoms with Crippen molar-refractivity contribution in [2.24, 2.45) is 11.7 Å². The maximum absolute atomic E-state index is 6.19. The predicted octanol–water partition coefficient (Wildman–Crippen LogP) is 2.86. The van der Waals surface area contributed by atoms with Crippen molar-refractivity contribution >= 4 is 11.2 Å². The Kier molecular flexibility index (Phi) is 3.50. The smallest absolute Gasteiger partial charge is 0.159 e. The topological polar surface area (TPSA) is 56.7 Å². The van der Waals surface area contributed by atoms with E-state index in [1.165, 1.54) is 12.8 Å². The molecule has 0 aromatic carbocycles. The van der Waals surface area contributed by atoms with Gasteiger partial charge in [0.25, 0.3) is 0 Å². The van der Waals surface area contributed by atoms with Crippen molar-refractivity contribution in [3.8, 4) is 0 Å². The summed E-state index contributed by atoms with van der Waals surface area (Å²) in [5.74, 6) is 1.97. The Labute approximate surface area is 120 Å². The molecule has 4 nitrogen and oxygen atoms in total. The number of imidazole rings is 1. The lowest BCUT2D eigenvalue weighted by molar-refractivity contribution is 0.232.